The minimum absolute atomic E-state index is 0.224. The van der Waals surface area contributed by atoms with Crippen LogP contribution in [0.15, 0.2) is 12.1 Å². The molecule has 7 nitrogen and oxygen atoms in total. The first-order valence-electron chi connectivity index (χ1n) is 9.68. The van der Waals surface area contributed by atoms with Crippen LogP contribution in [0.1, 0.15) is 43.4 Å². The van der Waals surface area contributed by atoms with Crippen LogP contribution in [0.4, 0.5) is 0 Å². The summed E-state index contributed by atoms with van der Waals surface area (Å²) in [7, 11) is 3.61. The lowest BCUT2D eigenvalue weighted by Gasteiger charge is -2.29. The van der Waals surface area contributed by atoms with Crippen LogP contribution >= 0.6 is 22.9 Å². The topological polar surface area (TPSA) is 79.3 Å². The summed E-state index contributed by atoms with van der Waals surface area (Å²) in [5.74, 6) is 0.199. The second kappa shape index (κ2) is 8.45. The molecule has 2 amide bonds. The summed E-state index contributed by atoms with van der Waals surface area (Å²) in [6.45, 7) is 8.11. The van der Waals surface area contributed by atoms with E-state index in [2.05, 4.69) is 20.1 Å². The average Bonchev–Trinajstić information content (AvgIpc) is 3.16. The normalized spacial score (nSPS) is 16.1. The van der Waals surface area contributed by atoms with Gasteiger partial charge in [0.25, 0.3) is 5.91 Å². The first-order valence-corrected chi connectivity index (χ1v) is 10.9. The lowest BCUT2D eigenvalue weighted by Crippen LogP contribution is -2.53. The standard InChI is InChI=1S/C20H28ClN5O2S/c1-20(2,3)16(19(28)22-4)24-18(27)15-12-11-25(5)9-6-10-26(12)17(23-15)13-7-8-14(21)29-13/h7-8,16H,6,9-11H2,1-5H3,(H,22,28)(H,24,27). The smallest absolute Gasteiger partial charge is 0.272 e. The number of fused-ring (bicyclic) bond motifs is 1. The minimum atomic E-state index is -0.666. The highest BCUT2D eigenvalue weighted by Crippen LogP contribution is 2.33. The number of carbonyl (C=O) groups is 2. The fourth-order valence-corrected chi connectivity index (χ4v) is 4.59. The second-order valence-corrected chi connectivity index (χ2v) is 10.2. The Hall–Kier alpha value is -1.90. The highest BCUT2D eigenvalue weighted by atomic mass is 35.5. The number of thiophene rings is 1. The van der Waals surface area contributed by atoms with Gasteiger partial charge in [0, 0.05) is 20.1 Å². The number of rotatable bonds is 4. The Morgan fingerprint density at radius 3 is 2.59 bits per heavy atom. The Morgan fingerprint density at radius 2 is 2.00 bits per heavy atom. The Kier molecular flexibility index (Phi) is 6.36. The molecule has 2 N–H and O–H groups in total. The Labute approximate surface area is 180 Å². The van der Waals surface area contributed by atoms with Gasteiger partial charge in [-0.25, -0.2) is 4.98 Å². The predicted octanol–water partition coefficient (Wildman–Crippen LogP) is 2.99. The molecule has 1 aliphatic heterocycles. The summed E-state index contributed by atoms with van der Waals surface area (Å²) < 4.78 is 2.80. The Morgan fingerprint density at radius 1 is 1.28 bits per heavy atom. The summed E-state index contributed by atoms with van der Waals surface area (Å²) in [5.41, 5.74) is 0.802. The number of aromatic nitrogens is 2. The van der Waals surface area contributed by atoms with Crippen LogP contribution in [-0.2, 0) is 17.9 Å². The minimum Gasteiger partial charge on any atom is -0.357 e. The number of nitrogens with one attached hydrogen (secondary N) is 2. The fraction of sp³-hybridized carbons (Fsp3) is 0.550. The van der Waals surface area contributed by atoms with E-state index in [9.17, 15) is 9.59 Å². The molecule has 2 aromatic rings. The van der Waals surface area contributed by atoms with Crippen molar-refractivity contribution in [2.45, 2.75) is 46.3 Å². The van der Waals surface area contributed by atoms with E-state index in [-0.39, 0.29) is 11.8 Å². The first-order chi connectivity index (χ1) is 13.6. The maximum Gasteiger partial charge on any atom is 0.272 e. The van der Waals surface area contributed by atoms with Gasteiger partial charge in [0.1, 0.15) is 6.04 Å². The zero-order chi connectivity index (χ0) is 21.3. The number of imidazole rings is 1. The summed E-state index contributed by atoms with van der Waals surface area (Å²) in [5, 5.41) is 5.55. The molecule has 0 radical (unpaired) electrons. The molecule has 0 bridgehead atoms. The zero-order valence-electron chi connectivity index (χ0n) is 17.5. The largest absolute Gasteiger partial charge is 0.357 e. The molecule has 9 heteroatoms. The van der Waals surface area contributed by atoms with Crippen LogP contribution in [-0.4, -0.2) is 52.9 Å². The van der Waals surface area contributed by atoms with Crippen molar-refractivity contribution in [1.82, 2.24) is 25.1 Å². The number of carbonyl (C=O) groups excluding carboxylic acids is 2. The van der Waals surface area contributed by atoms with Crippen molar-refractivity contribution in [2.24, 2.45) is 5.41 Å². The fourth-order valence-electron chi connectivity index (χ4n) is 3.54. The molecule has 1 aliphatic rings. The number of halogens is 1. The first kappa shape index (κ1) is 21.8. The van der Waals surface area contributed by atoms with Gasteiger partial charge in [-0.1, -0.05) is 32.4 Å². The van der Waals surface area contributed by atoms with E-state index in [0.717, 1.165) is 35.9 Å². The molecule has 3 heterocycles. The van der Waals surface area contributed by atoms with Crippen molar-refractivity contribution in [1.29, 1.82) is 0 Å². The van der Waals surface area contributed by atoms with Gasteiger partial charge in [-0.05, 0) is 37.6 Å². The Bertz CT molecular complexity index is 915. The number of likely N-dealkylation sites (N-methyl/N-ethyl adjacent to an activating group) is 1. The van der Waals surface area contributed by atoms with E-state index in [0.29, 0.717) is 16.6 Å². The molecule has 158 valence electrons. The molecule has 3 rings (SSSR count). The van der Waals surface area contributed by atoms with Crippen LogP contribution in [0, 0.1) is 5.41 Å². The molecule has 29 heavy (non-hydrogen) atoms. The molecule has 0 aromatic carbocycles. The van der Waals surface area contributed by atoms with Gasteiger partial charge in [0.05, 0.1) is 14.9 Å². The van der Waals surface area contributed by atoms with Crippen LogP contribution in [0.2, 0.25) is 4.34 Å². The van der Waals surface area contributed by atoms with E-state index in [1.165, 1.54) is 11.3 Å². The zero-order valence-corrected chi connectivity index (χ0v) is 19.1. The van der Waals surface area contributed by atoms with Crippen molar-refractivity contribution in [3.63, 3.8) is 0 Å². The van der Waals surface area contributed by atoms with Crippen molar-refractivity contribution < 1.29 is 9.59 Å². The molecule has 1 atom stereocenters. The lowest BCUT2D eigenvalue weighted by atomic mass is 9.86. The molecule has 2 aromatic heterocycles. The summed E-state index contributed by atoms with van der Waals surface area (Å²) in [6.07, 6.45) is 0.968. The van der Waals surface area contributed by atoms with Gasteiger partial charge in [-0.2, -0.15) is 0 Å². The van der Waals surface area contributed by atoms with Crippen molar-refractivity contribution in [3.05, 3.63) is 27.9 Å². The van der Waals surface area contributed by atoms with Crippen LogP contribution in [0.25, 0.3) is 10.7 Å². The van der Waals surface area contributed by atoms with Gasteiger partial charge in [-0.3, -0.25) is 9.59 Å². The molecule has 0 saturated carbocycles. The lowest BCUT2D eigenvalue weighted by molar-refractivity contribution is -0.124. The van der Waals surface area contributed by atoms with Gasteiger partial charge >= 0.3 is 0 Å². The monoisotopic (exact) mass is 437 g/mol. The number of hydrogen-bond donors (Lipinski definition) is 2. The molecular formula is C20H28ClN5O2S. The van der Waals surface area contributed by atoms with Crippen molar-refractivity contribution >= 4 is 34.8 Å². The van der Waals surface area contributed by atoms with Crippen molar-refractivity contribution in [3.8, 4) is 10.7 Å². The SMILES string of the molecule is CNC(=O)C(NC(=O)c1nc(-c2ccc(Cl)s2)n2c1CN(C)CCC2)C(C)(C)C. The van der Waals surface area contributed by atoms with Gasteiger partial charge < -0.3 is 20.1 Å². The second-order valence-electron chi connectivity index (χ2n) is 8.46. The van der Waals surface area contributed by atoms with E-state index < -0.39 is 11.5 Å². The van der Waals surface area contributed by atoms with Crippen LogP contribution in [0.5, 0.6) is 0 Å². The van der Waals surface area contributed by atoms with E-state index in [4.69, 9.17) is 16.6 Å². The number of nitrogens with zero attached hydrogens (tertiary/aromatic N) is 3. The van der Waals surface area contributed by atoms with Crippen LogP contribution in [0.3, 0.4) is 0 Å². The van der Waals surface area contributed by atoms with Crippen LogP contribution < -0.4 is 10.6 Å². The third-order valence-electron chi connectivity index (χ3n) is 5.07. The maximum atomic E-state index is 13.3. The average molecular weight is 438 g/mol. The third kappa shape index (κ3) is 4.65. The highest BCUT2D eigenvalue weighted by molar-refractivity contribution is 7.19. The Balaban J connectivity index is 2.03. The molecule has 0 saturated heterocycles. The molecule has 1 unspecified atom stereocenters. The summed E-state index contributed by atoms with van der Waals surface area (Å²) >= 11 is 7.58. The van der Waals surface area contributed by atoms with E-state index in [1.807, 2.05) is 40.0 Å². The highest BCUT2D eigenvalue weighted by Gasteiger charge is 2.34. The van der Waals surface area contributed by atoms with Crippen molar-refractivity contribution in [2.75, 3.05) is 20.6 Å². The number of hydrogen-bond acceptors (Lipinski definition) is 5. The van der Waals surface area contributed by atoms with Gasteiger partial charge in [0.2, 0.25) is 5.91 Å². The van der Waals surface area contributed by atoms with Gasteiger partial charge in [-0.15, -0.1) is 11.3 Å². The maximum absolute atomic E-state index is 13.3. The summed E-state index contributed by atoms with van der Waals surface area (Å²) in [4.78, 5) is 33.5. The molecule has 0 aliphatic carbocycles. The number of amides is 2. The molecule has 0 fully saturated rings. The molecule has 0 spiro atoms. The summed E-state index contributed by atoms with van der Waals surface area (Å²) in [6, 6.07) is 3.11. The van der Waals surface area contributed by atoms with Gasteiger partial charge in [0.15, 0.2) is 11.5 Å². The quantitative estimate of drug-likeness (QED) is 0.770. The third-order valence-corrected chi connectivity index (χ3v) is 6.30. The molecular weight excluding hydrogens is 410 g/mol. The predicted molar refractivity (Wildman–Crippen MR) is 116 cm³/mol. The van der Waals surface area contributed by atoms with E-state index >= 15 is 0 Å². The van der Waals surface area contributed by atoms with E-state index in [1.54, 1.807) is 7.05 Å².